The molecule has 1 atom stereocenters. The molecule has 1 N–H and O–H groups in total. The van der Waals surface area contributed by atoms with Gasteiger partial charge >= 0.3 is 0 Å². The Hall–Kier alpha value is -1.89. The van der Waals surface area contributed by atoms with Gasteiger partial charge in [0.2, 0.25) is 5.91 Å². The number of amides is 2. The van der Waals surface area contributed by atoms with E-state index in [1.807, 2.05) is 11.8 Å². The molecule has 2 aliphatic rings. The van der Waals surface area contributed by atoms with Crippen LogP contribution in [0.25, 0.3) is 0 Å². The van der Waals surface area contributed by atoms with Gasteiger partial charge in [-0.15, -0.1) is 0 Å². The number of hydrogen-bond donors (Lipinski definition) is 1. The van der Waals surface area contributed by atoms with Gasteiger partial charge in [0.05, 0.1) is 13.1 Å². The van der Waals surface area contributed by atoms with Crippen molar-refractivity contribution in [1.82, 2.24) is 20.0 Å². The number of aryl methyl sites for hydroxylation is 1. The molecular weight excluding hydrogens is 308 g/mol. The van der Waals surface area contributed by atoms with E-state index in [-0.39, 0.29) is 17.4 Å². The van der Waals surface area contributed by atoms with Gasteiger partial charge in [-0.05, 0) is 31.2 Å². The average Bonchev–Trinajstić information content (AvgIpc) is 3.12. The van der Waals surface area contributed by atoms with Crippen LogP contribution in [0.1, 0.15) is 43.1 Å². The largest absolute Gasteiger partial charge is 0.371 e. The van der Waals surface area contributed by atoms with Crippen LogP contribution in [0.2, 0.25) is 0 Å². The lowest BCUT2D eigenvalue weighted by molar-refractivity contribution is -0.165. The molecule has 2 fully saturated rings. The normalized spacial score (nSPS) is 21.8. The average molecular weight is 334 g/mol. The van der Waals surface area contributed by atoms with Gasteiger partial charge in [0.1, 0.15) is 11.3 Å². The first-order chi connectivity index (χ1) is 11.6. The molecule has 0 bridgehead atoms. The number of rotatable bonds is 6. The fraction of sp³-hybridized carbons (Fsp3) is 0.706. The van der Waals surface area contributed by atoms with Gasteiger partial charge in [0.15, 0.2) is 0 Å². The monoisotopic (exact) mass is 334 g/mol. The zero-order valence-corrected chi connectivity index (χ0v) is 14.5. The highest BCUT2D eigenvalue weighted by molar-refractivity contribution is 5.92. The lowest BCUT2D eigenvalue weighted by Gasteiger charge is -2.50. The fourth-order valence-corrected chi connectivity index (χ4v) is 3.74. The standard InChI is InChI=1S/C17H26N4O3/c1-3-4-15(22)21-11-17(12-21)13(7-10-24-17)5-8-18-16(23)14-6-9-19-20(14)2/h6,9,13H,3-5,7-8,10-12H2,1-2H3,(H,18,23)/t13-/m1/s1. The SMILES string of the molecule is CCCC(=O)N1CC2(C1)OCC[C@H]2CCNC(=O)c1ccnn1C. The minimum absolute atomic E-state index is 0.101. The first kappa shape index (κ1) is 17.0. The summed E-state index contributed by atoms with van der Waals surface area (Å²) >= 11 is 0. The molecule has 0 saturated carbocycles. The minimum atomic E-state index is -0.180. The van der Waals surface area contributed by atoms with Crippen LogP contribution in [-0.4, -0.2) is 58.3 Å². The highest BCUT2D eigenvalue weighted by Crippen LogP contribution is 2.41. The number of hydrogen-bond acceptors (Lipinski definition) is 4. The number of likely N-dealkylation sites (tertiary alicyclic amines) is 1. The van der Waals surface area contributed by atoms with Crippen molar-refractivity contribution >= 4 is 11.8 Å². The molecule has 0 radical (unpaired) electrons. The Kier molecular flexibility index (Phi) is 4.89. The molecule has 7 nitrogen and oxygen atoms in total. The molecule has 7 heteroatoms. The van der Waals surface area contributed by atoms with Crippen LogP contribution in [0.15, 0.2) is 12.3 Å². The van der Waals surface area contributed by atoms with E-state index in [1.165, 1.54) is 0 Å². The topological polar surface area (TPSA) is 76.5 Å². The van der Waals surface area contributed by atoms with E-state index in [0.717, 1.165) is 25.9 Å². The van der Waals surface area contributed by atoms with Gasteiger partial charge in [-0.2, -0.15) is 5.10 Å². The Bertz CT molecular complexity index is 607. The molecule has 24 heavy (non-hydrogen) atoms. The summed E-state index contributed by atoms with van der Waals surface area (Å²) in [5.41, 5.74) is 0.382. The Balaban J connectivity index is 1.47. The summed E-state index contributed by atoms with van der Waals surface area (Å²) in [5.74, 6) is 0.522. The molecule has 132 valence electrons. The molecule has 3 heterocycles. The van der Waals surface area contributed by atoms with Crippen LogP contribution in [0.5, 0.6) is 0 Å². The minimum Gasteiger partial charge on any atom is -0.371 e. The zero-order valence-electron chi connectivity index (χ0n) is 14.5. The molecule has 0 unspecified atom stereocenters. The summed E-state index contributed by atoms with van der Waals surface area (Å²) in [6.45, 7) is 4.78. The predicted octanol–water partition coefficient (Wildman–Crippen LogP) is 0.958. The third kappa shape index (κ3) is 3.17. The second-order valence-electron chi connectivity index (χ2n) is 6.78. The second-order valence-corrected chi connectivity index (χ2v) is 6.78. The molecular formula is C17H26N4O3. The van der Waals surface area contributed by atoms with Gasteiger partial charge < -0.3 is 15.0 Å². The summed E-state index contributed by atoms with van der Waals surface area (Å²) in [4.78, 5) is 25.9. The molecule has 0 aromatic carbocycles. The fourth-order valence-electron chi connectivity index (χ4n) is 3.74. The van der Waals surface area contributed by atoms with Gasteiger partial charge in [-0.25, -0.2) is 0 Å². The Labute approximate surface area is 142 Å². The molecule has 2 aliphatic heterocycles. The molecule has 2 saturated heterocycles. The van der Waals surface area contributed by atoms with Crippen LogP contribution < -0.4 is 5.32 Å². The maximum absolute atomic E-state index is 12.1. The molecule has 1 spiro atoms. The molecule has 0 aliphatic carbocycles. The second kappa shape index (κ2) is 6.93. The van der Waals surface area contributed by atoms with Gasteiger partial charge in [-0.3, -0.25) is 14.3 Å². The summed E-state index contributed by atoms with van der Waals surface area (Å²) in [6, 6.07) is 1.71. The Morgan fingerprint density at radius 2 is 2.25 bits per heavy atom. The maximum atomic E-state index is 12.1. The molecule has 2 amide bonds. The van der Waals surface area contributed by atoms with Crippen molar-refractivity contribution in [1.29, 1.82) is 0 Å². The van der Waals surface area contributed by atoms with Crippen LogP contribution in [-0.2, 0) is 16.6 Å². The number of aromatic nitrogens is 2. The van der Waals surface area contributed by atoms with Crippen molar-refractivity contribution in [3.05, 3.63) is 18.0 Å². The first-order valence-corrected chi connectivity index (χ1v) is 8.73. The van der Waals surface area contributed by atoms with Crippen molar-refractivity contribution in [3.8, 4) is 0 Å². The Morgan fingerprint density at radius 1 is 1.46 bits per heavy atom. The van der Waals surface area contributed by atoms with Gasteiger partial charge in [0, 0.05) is 32.8 Å². The van der Waals surface area contributed by atoms with E-state index < -0.39 is 0 Å². The van der Waals surface area contributed by atoms with Crippen LogP contribution >= 0.6 is 0 Å². The summed E-state index contributed by atoms with van der Waals surface area (Å²) in [5, 5.41) is 6.96. The van der Waals surface area contributed by atoms with Crippen molar-refractivity contribution < 1.29 is 14.3 Å². The smallest absolute Gasteiger partial charge is 0.269 e. The van der Waals surface area contributed by atoms with E-state index in [9.17, 15) is 9.59 Å². The third-order valence-corrected chi connectivity index (χ3v) is 5.17. The van der Waals surface area contributed by atoms with Crippen LogP contribution in [0, 0.1) is 5.92 Å². The third-order valence-electron chi connectivity index (χ3n) is 5.17. The van der Waals surface area contributed by atoms with E-state index in [1.54, 1.807) is 24.0 Å². The number of nitrogens with zero attached hydrogens (tertiary/aromatic N) is 3. The predicted molar refractivity (Wildman–Crippen MR) is 88.4 cm³/mol. The van der Waals surface area contributed by atoms with Gasteiger partial charge in [-0.1, -0.05) is 6.92 Å². The van der Waals surface area contributed by atoms with Gasteiger partial charge in [0.25, 0.3) is 5.91 Å². The lowest BCUT2D eigenvalue weighted by atomic mass is 9.78. The first-order valence-electron chi connectivity index (χ1n) is 8.73. The number of carbonyl (C=O) groups excluding carboxylic acids is 2. The van der Waals surface area contributed by atoms with E-state index in [4.69, 9.17) is 4.74 Å². The van der Waals surface area contributed by atoms with E-state index in [0.29, 0.717) is 37.7 Å². The van der Waals surface area contributed by atoms with Crippen molar-refractivity contribution in [2.75, 3.05) is 26.2 Å². The van der Waals surface area contributed by atoms with E-state index in [2.05, 4.69) is 10.4 Å². The van der Waals surface area contributed by atoms with E-state index >= 15 is 0 Å². The molecule has 1 aromatic rings. The number of nitrogens with one attached hydrogen (secondary N) is 1. The molecule has 1 aromatic heterocycles. The van der Waals surface area contributed by atoms with Crippen molar-refractivity contribution in [2.45, 2.75) is 38.2 Å². The zero-order chi connectivity index (χ0) is 17.2. The summed E-state index contributed by atoms with van der Waals surface area (Å²) < 4.78 is 7.54. The number of ether oxygens (including phenoxy) is 1. The number of carbonyl (C=O) groups is 2. The lowest BCUT2D eigenvalue weighted by Crippen LogP contribution is -2.66. The highest BCUT2D eigenvalue weighted by atomic mass is 16.5. The summed E-state index contributed by atoms with van der Waals surface area (Å²) in [7, 11) is 1.75. The van der Waals surface area contributed by atoms with Crippen LogP contribution in [0.3, 0.4) is 0 Å². The summed E-state index contributed by atoms with van der Waals surface area (Å²) in [6.07, 6.45) is 4.98. The Morgan fingerprint density at radius 3 is 2.92 bits per heavy atom. The quantitative estimate of drug-likeness (QED) is 0.841. The highest BCUT2D eigenvalue weighted by Gasteiger charge is 2.53. The maximum Gasteiger partial charge on any atom is 0.269 e. The van der Waals surface area contributed by atoms with Crippen LogP contribution in [0.4, 0.5) is 0 Å². The van der Waals surface area contributed by atoms with Crippen molar-refractivity contribution in [3.63, 3.8) is 0 Å². The molecule has 3 rings (SSSR count). The van der Waals surface area contributed by atoms with Crippen molar-refractivity contribution in [2.24, 2.45) is 13.0 Å².